The Balaban J connectivity index is 4.08. The smallest absolute Gasteiger partial charge is 0.282 e. The Morgan fingerprint density at radius 2 is 1.40 bits per heavy atom. The van der Waals surface area contributed by atoms with Crippen LogP contribution in [0.1, 0.15) is 0 Å². The normalized spacial score (nSPS) is 12.1. The fourth-order valence-electron chi connectivity index (χ4n) is 1.27. The molecule has 0 spiro atoms. The van der Waals surface area contributed by atoms with E-state index in [2.05, 4.69) is 0 Å². The molecule has 110 valence electrons. The van der Waals surface area contributed by atoms with Crippen LogP contribution in [0.2, 0.25) is 0 Å². The molecule has 0 radical (unpaired) electrons. The van der Waals surface area contributed by atoms with Gasteiger partial charge in [0.15, 0.2) is 4.90 Å². The van der Waals surface area contributed by atoms with Crippen LogP contribution in [0.4, 0.5) is 11.4 Å². The molecule has 0 atom stereocenters. The molecule has 14 heteroatoms. The zero-order valence-corrected chi connectivity index (χ0v) is 10.7. The van der Waals surface area contributed by atoms with Crippen molar-refractivity contribution in [1.82, 2.24) is 0 Å². The van der Waals surface area contributed by atoms with Gasteiger partial charge in [0.1, 0.15) is 4.90 Å². The van der Waals surface area contributed by atoms with Crippen LogP contribution in [0.25, 0.3) is 0 Å². The van der Waals surface area contributed by atoms with Gasteiger partial charge in [0.25, 0.3) is 21.5 Å². The lowest BCUT2D eigenvalue weighted by atomic mass is 10.3. The quantitative estimate of drug-likeness (QED) is 0.431. The molecule has 0 aliphatic carbocycles. The summed E-state index contributed by atoms with van der Waals surface area (Å²) in [5.41, 5.74) is -2.72. The maximum absolute atomic E-state index is 11.0. The summed E-state index contributed by atoms with van der Waals surface area (Å²) in [6.45, 7) is 0. The summed E-state index contributed by atoms with van der Waals surface area (Å²) in [6, 6.07) is 0.212. The molecular weight excluding hydrogens is 324 g/mol. The zero-order valence-electron chi connectivity index (χ0n) is 9.03. The number of hydrogen-bond acceptors (Lipinski definition) is 8. The number of non-ortho nitro benzene ring substituents is 1. The van der Waals surface area contributed by atoms with E-state index in [4.69, 9.17) is 9.11 Å². The molecule has 0 bridgehead atoms. The van der Waals surface area contributed by atoms with E-state index in [1.165, 1.54) is 0 Å². The lowest BCUT2D eigenvalue weighted by Crippen LogP contribution is -2.12. The number of rotatable bonds is 4. The summed E-state index contributed by atoms with van der Waals surface area (Å²) >= 11 is 0. The Bertz CT molecular complexity index is 808. The van der Waals surface area contributed by atoms with E-state index >= 15 is 0 Å². The third-order valence-electron chi connectivity index (χ3n) is 1.96. The van der Waals surface area contributed by atoms with Gasteiger partial charge in [0.05, 0.1) is 15.9 Å². The lowest BCUT2D eigenvalue weighted by molar-refractivity contribution is -0.396. The van der Waals surface area contributed by atoms with Gasteiger partial charge >= 0.3 is 10.1 Å². The molecule has 12 nitrogen and oxygen atoms in total. The van der Waals surface area contributed by atoms with Crippen LogP contribution in [0, 0.1) is 20.2 Å². The second-order valence-electron chi connectivity index (χ2n) is 3.26. The Kier molecular flexibility index (Phi) is 3.77. The van der Waals surface area contributed by atoms with E-state index in [1.807, 2.05) is 0 Å². The predicted molar refractivity (Wildman–Crippen MR) is 59.4 cm³/mol. The van der Waals surface area contributed by atoms with E-state index in [0.29, 0.717) is 0 Å². The Hall–Kier alpha value is -2.16. The molecule has 1 aromatic carbocycles. The standard InChI is InChI=1S/C6H4N2O10S2/c9-7(10)3-1-4(8(11)12)6(20(16,17)18)5(2-3)19(13,14)15/h1-2H,(H,13,14,15)(H,16,17,18). The second-order valence-corrected chi connectivity index (χ2v) is 6.00. The van der Waals surface area contributed by atoms with Crippen LogP contribution < -0.4 is 0 Å². The molecule has 1 aromatic rings. The Labute approximate surface area is 110 Å². The van der Waals surface area contributed by atoms with Crippen LogP contribution in [-0.4, -0.2) is 35.8 Å². The number of benzene rings is 1. The molecule has 20 heavy (non-hydrogen) atoms. The summed E-state index contributed by atoms with van der Waals surface area (Å²) in [6.07, 6.45) is 0. The molecule has 1 rings (SSSR count). The van der Waals surface area contributed by atoms with Crippen molar-refractivity contribution in [2.24, 2.45) is 0 Å². The van der Waals surface area contributed by atoms with Gasteiger partial charge in [-0.15, -0.1) is 0 Å². The van der Waals surface area contributed by atoms with Gasteiger partial charge in [0.2, 0.25) is 0 Å². The first-order valence-corrected chi connectivity index (χ1v) is 7.15. The number of nitro groups is 2. The van der Waals surface area contributed by atoms with Gasteiger partial charge in [-0.1, -0.05) is 0 Å². The van der Waals surface area contributed by atoms with Gasteiger partial charge in [-0.05, 0) is 0 Å². The van der Waals surface area contributed by atoms with Crippen molar-refractivity contribution in [3.05, 3.63) is 32.4 Å². The SMILES string of the molecule is O=[N+]([O-])c1cc([N+](=O)[O-])c(S(=O)(=O)O)c(S(=O)(=O)O)c1. The number of hydrogen-bond donors (Lipinski definition) is 2. The van der Waals surface area contributed by atoms with Gasteiger partial charge < -0.3 is 0 Å². The number of nitrogens with zero attached hydrogens (tertiary/aromatic N) is 2. The lowest BCUT2D eigenvalue weighted by Gasteiger charge is -2.05. The van der Waals surface area contributed by atoms with Crippen molar-refractivity contribution in [3.63, 3.8) is 0 Å². The Morgan fingerprint density at radius 3 is 1.70 bits per heavy atom. The van der Waals surface area contributed by atoms with E-state index in [0.717, 1.165) is 0 Å². The fraction of sp³-hybridized carbons (Fsp3) is 0. The second kappa shape index (κ2) is 4.75. The van der Waals surface area contributed by atoms with Crippen LogP contribution in [0.5, 0.6) is 0 Å². The van der Waals surface area contributed by atoms with E-state index in [-0.39, 0.29) is 12.1 Å². The van der Waals surface area contributed by atoms with Crippen LogP contribution in [0.3, 0.4) is 0 Å². The predicted octanol–water partition coefficient (Wildman–Crippen LogP) is -0.00360. The molecule has 0 fully saturated rings. The maximum atomic E-state index is 11.0. The van der Waals surface area contributed by atoms with Crippen molar-refractivity contribution < 1.29 is 35.8 Å². The number of nitro benzene ring substituents is 2. The average Bonchev–Trinajstić information content (AvgIpc) is 2.24. The molecular formula is C6H4N2O10S2. The molecule has 0 unspecified atom stereocenters. The first kappa shape index (κ1) is 15.9. The van der Waals surface area contributed by atoms with Crippen molar-refractivity contribution in [2.45, 2.75) is 9.79 Å². The summed E-state index contributed by atoms with van der Waals surface area (Å²) in [5.74, 6) is 0. The van der Waals surface area contributed by atoms with Gasteiger partial charge in [0, 0.05) is 6.07 Å². The molecule has 0 aliphatic rings. The fourth-order valence-corrected chi connectivity index (χ4v) is 3.22. The van der Waals surface area contributed by atoms with Crippen molar-refractivity contribution in [1.29, 1.82) is 0 Å². The molecule has 2 N–H and O–H groups in total. The van der Waals surface area contributed by atoms with E-state index in [1.54, 1.807) is 0 Å². The molecule has 0 aromatic heterocycles. The minimum Gasteiger partial charge on any atom is -0.282 e. The average molecular weight is 328 g/mol. The third kappa shape index (κ3) is 3.05. The highest BCUT2D eigenvalue weighted by Crippen LogP contribution is 2.34. The van der Waals surface area contributed by atoms with Gasteiger partial charge in [-0.2, -0.15) is 16.8 Å². The van der Waals surface area contributed by atoms with Crippen molar-refractivity contribution >= 4 is 31.6 Å². The first-order chi connectivity index (χ1) is 8.85. The molecule has 0 aliphatic heterocycles. The Morgan fingerprint density at radius 1 is 0.900 bits per heavy atom. The highest BCUT2D eigenvalue weighted by Gasteiger charge is 2.36. The van der Waals surface area contributed by atoms with E-state index < -0.39 is 51.2 Å². The monoisotopic (exact) mass is 328 g/mol. The highest BCUT2D eigenvalue weighted by atomic mass is 32.2. The van der Waals surface area contributed by atoms with Gasteiger partial charge in [-0.3, -0.25) is 29.3 Å². The molecule has 0 amide bonds. The van der Waals surface area contributed by atoms with Crippen molar-refractivity contribution in [2.75, 3.05) is 0 Å². The first-order valence-electron chi connectivity index (χ1n) is 4.27. The minimum atomic E-state index is -5.44. The molecule has 0 heterocycles. The summed E-state index contributed by atoms with van der Waals surface area (Å²) in [7, 11) is -10.8. The van der Waals surface area contributed by atoms with Crippen molar-refractivity contribution in [3.8, 4) is 0 Å². The van der Waals surface area contributed by atoms with Crippen LogP contribution in [-0.2, 0) is 20.2 Å². The topological polar surface area (TPSA) is 195 Å². The largest absolute Gasteiger partial charge is 0.302 e. The maximum Gasteiger partial charge on any atom is 0.302 e. The van der Waals surface area contributed by atoms with Crippen LogP contribution >= 0.6 is 0 Å². The zero-order chi connectivity index (χ0) is 15.9. The molecule has 0 saturated carbocycles. The third-order valence-corrected chi connectivity index (χ3v) is 3.92. The van der Waals surface area contributed by atoms with Crippen LogP contribution in [0.15, 0.2) is 21.9 Å². The summed E-state index contributed by atoms with van der Waals surface area (Å²) in [4.78, 5) is 15.0. The highest BCUT2D eigenvalue weighted by molar-refractivity contribution is 7.89. The van der Waals surface area contributed by atoms with Gasteiger partial charge in [-0.25, -0.2) is 0 Å². The summed E-state index contributed by atoms with van der Waals surface area (Å²) < 4.78 is 61.6. The minimum absolute atomic E-state index is 0.0748. The van der Waals surface area contributed by atoms with E-state index in [9.17, 15) is 37.1 Å². The summed E-state index contributed by atoms with van der Waals surface area (Å²) in [5, 5.41) is 21.2. The molecule has 0 saturated heterocycles.